The second kappa shape index (κ2) is 8.97. The fourth-order valence-electron chi connectivity index (χ4n) is 4.95. The van der Waals surface area contributed by atoms with Gasteiger partial charge in [-0.1, -0.05) is 41.5 Å². The quantitative estimate of drug-likeness (QED) is 0.533. The summed E-state index contributed by atoms with van der Waals surface area (Å²) in [5, 5.41) is 9.45. The molecule has 4 nitrogen and oxygen atoms in total. The van der Waals surface area contributed by atoms with Crippen LogP contribution in [0, 0.1) is 5.92 Å². The molecule has 1 aromatic rings. The topological polar surface area (TPSA) is 47.9 Å². The molecule has 0 radical (unpaired) electrons. The Morgan fingerprint density at radius 1 is 0.963 bits per heavy atom. The van der Waals surface area contributed by atoms with E-state index in [0.717, 1.165) is 29.0 Å². The van der Waals surface area contributed by atoms with Gasteiger partial charge >= 0.3 is 0 Å². The standard InChI is InChI=1S/C22H38O4Si/c1-14(2)27(15(3)4,16(5)6)26-13-17-9-20(24-7)22(21(10-17)25-8)19-11-18(19)12-23/h9-10,14-16,18-19,23H,11-13H2,1-8H3/t18-,19+/m0/s1. The number of aliphatic hydroxyl groups is 1. The largest absolute Gasteiger partial charge is 0.496 e. The maximum absolute atomic E-state index is 9.45. The van der Waals surface area contributed by atoms with Gasteiger partial charge in [-0.25, -0.2) is 0 Å². The van der Waals surface area contributed by atoms with Crippen molar-refractivity contribution in [3.8, 4) is 11.5 Å². The number of benzene rings is 1. The Morgan fingerprint density at radius 3 is 1.78 bits per heavy atom. The van der Waals surface area contributed by atoms with Crippen molar-refractivity contribution in [1.29, 1.82) is 0 Å². The first-order valence-electron chi connectivity index (χ1n) is 10.2. The first-order chi connectivity index (χ1) is 12.7. The Balaban J connectivity index is 2.31. The van der Waals surface area contributed by atoms with Crippen LogP contribution < -0.4 is 9.47 Å². The van der Waals surface area contributed by atoms with E-state index in [-0.39, 0.29) is 6.61 Å². The van der Waals surface area contributed by atoms with Crippen LogP contribution in [0.4, 0.5) is 0 Å². The maximum Gasteiger partial charge on any atom is 0.200 e. The van der Waals surface area contributed by atoms with E-state index in [1.807, 2.05) is 0 Å². The van der Waals surface area contributed by atoms with Gasteiger partial charge in [0.2, 0.25) is 8.32 Å². The van der Waals surface area contributed by atoms with Crippen molar-refractivity contribution < 1.29 is 19.0 Å². The van der Waals surface area contributed by atoms with Crippen molar-refractivity contribution in [2.45, 2.75) is 77.1 Å². The minimum Gasteiger partial charge on any atom is -0.496 e. The van der Waals surface area contributed by atoms with Gasteiger partial charge in [-0.05, 0) is 52.6 Å². The van der Waals surface area contributed by atoms with Crippen molar-refractivity contribution >= 4 is 8.32 Å². The molecule has 0 unspecified atom stereocenters. The molecule has 27 heavy (non-hydrogen) atoms. The van der Waals surface area contributed by atoms with Gasteiger partial charge in [0.05, 0.1) is 20.8 Å². The number of rotatable bonds is 10. The zero-order valence-corrected chi connectivity index (χ0v) is 19.3. The Bertz CT molecular complexity index is 580. The number of aliphatic hydroxyl groups excluding tert-OH is 1. The van der Waals surface area contributed by atoms with Crippen LogP contribution in [0.3, 0.4) is 0 Å². The van der Waals surface area contributed by atoms with Crippen LogP contribution in [0.2, 0.25) is 16.6 Å². The fourth-order valence-corrected chi connectivity index (χ4v) is 10.4. The van der Waals surface area contributed by atoms with Gasteiger partial charge in [0, 0.05) is 12.2 Å². The molecular formula is C22H38O4Si. The highest BCUT2D eigenvalue weighted by Gasteiger charge is 2.45. The maximum atomic E-state index is 9.45. The highest BCUT2D eigenvalue weighted by atomic mass is 28.4. The predicted molar refractivity (Wildman–Crippen MR) is 113 cm³/mol. The van der Waals surface area contributed by atoms with Crippen LogP contribution in [0.25, 0.3) is 0 Å². The smallest absolute Gasteiger partial charge is 0.200 e. The molecule has 1 saturated carbocycles. The lowest BCUT2D eigenvalue weighted by Gasteiger charge is -2.42. The predicted octanol–water partition coefficient (Wildman–Crippen LogP) is 5.49. The first-order valence-corrected chi connectivity index (χ1v) is 12.4. The van der Waals surface area contributed by atoms with Gasteiger partial charge < -0.3 is 19.0 Å². The van der Waals surface area contributed by atoms with Gasteiger partial charge in [0.15, 0.2) is 0 Å². The van der Waals surface area contributed by atoms with Gasteiger partial charge in [0.25, 0.3) is 0 Å². The van der Waals surface area contributed by atoms with E-state index in [2.05, 4.69) is 53.7 Å². The van der Waals surface area contributed by atoms with Gasteiger partial charge in [-0.3, -0.25) is 0 Å². The summed E-state index contributed by atoms with van der Waals surface area (Å²) < 4.78 is 18.1. The average molecular weight is 395 g/mol. The molecular weight excluding hydrogens is 356 g/mol. The third-order valence-electron chi connectivity index (χ3n) is 6.33. The molecule has 0 heterocycles. The number of ether oxygens (including phenoxy) is 2. The summed E-state index contributed by atoms with van der Waals surface area (Å²) in [6, 6.07) is 4.18. The van der Waals surface area contributed by atoms with E-state index in [9.17, 15) is 5.11 Å². The van der Waals surface area contributed by atoms with E-state index < -0.39 is 8.32 Å². The number of hydrogen-bond donors (Lipinski definition) is 1. The molecule has 154 valence electrons. The SMILES string of the molecule is COc1cc(CO[Si](C(C)C)(C(C)C)C(C)C)cc(OC)c1[C@@H]1C[C@H]1CO. The molecule has 2 rings (SSSR count). The lowest BCUT2D eigenvalue weighted by molar-refractivity contribution is 0.264. The summed E-state index contributed by atoms with van der Waals surface area (Å²) in [4.78, 5) is 0. The molecule has 0 amide bonds. The summed E-state index contributed by atoms with van der Waals surface area (Å²) in [5.41, 5.74) is 3.84. The Kier molecular flexibility index (Phi) is 7.39. The number of methoxy groups -OCH3 is 2. The Morgan fingerprint density at radius 2 is 1.44 bits per heavy atom. The van der Waals surface area contributed by atoms with Gasteiger partial charge in [-0.2, -0.15) is 0 Å². The van der Waals surface area contributed by atoms with Crippen LogP contribution in [0.5, 0.6) is 11.5 Å². The molecule has 1 fully saturated rings. The van der Waals surface area contributed by atoms with Crippen molar-refractivity contribution in [3.05, 3.63) is 23.3 Å². The van der Waals surface area contributed by atoms with E-state index in [1.165, 1.54) is 0 Å². The molecule has 1 N–H and O–H groups in total. The minimum absolute atomic E-state index is 0.215. The average Bonchev–Trinajstić information content (AvgIpc) is 3.39. The summed E-state index contributed by atoms with van der Waals surface area (Å²) in [6.07, 6.45) is 0.989. The normalized spacial score (nSPS) is 19.9. The van der Waals surface area contributed by atoms with Crippen molar-refractivity contribution in [3.63, 3.8) is 0 Å². The lowest BCUT2D eigenvalue weighted by Crippen LogP contribution is -2.47. The zero-order valence-electron chi connectivity index (χ0n) is 18.3. The molecule has 0 bridgehead atoms. The summed E-state index contributed by atoms with van der Waals surface area (Å²) in [7, 11) is 1.49. The molecule has 0 spiro atoms. The van der Waals surface area contributed by atoms with Crippen molar-refractivity contribution in [2.75, 3.05) is 20.8 Å². The van der Waals surface area contributed by atoms with Crippen LogP contribution in [-0.4, -0.2) is 34.3 Å². The minimum atomic E-state index is -1.92. The molecule has 1 aromatic carbocycles. The van der Waals surface area contributed by atoms with Crippen LogP contribution in [-0.2, 0) is 11.0 Å². The van der Waals surface area contributed by atoms with E-state index in [1.54, 1.807) is 14.2 Å². The number of hydrogen-bond acceptors (Lipinski definition) is 4. The van der Waals surface area contributed by atoms with Gasteiger partial charge in [0.1, 0.15) is 11.5 Å². The Hall–Kier alpha value is -1.04. The van der Waals surface area contributed by atoms with Gasteiger partial charge in [-0.15, -0.1) is 0 Å². The highest BCUT2D eigenvalue weighted by molar-refractivity contribution is 6.77. The monoisotopic (exact) mass is 394 g/mol. The first kappa shape index (κ1) is 22.2. The zero-order chi connectivity index (χ0) is 20.4. The van der Waals surface area contributed by atoms with Crippen LogP contribution in [0.15, 0.2) is 12.1 Å². The molecule has 0 aromatic heterocycles. The molecule has 0 saturated heterocycles. The molecule has 5 heteroatoms. The van der Waals surface area contributed by atoms with E-state index in [0.29, 0.717) is 35.1 Å². The van der Waals surface area contributed by atoms with Crippen molar-refractivity contribution in [1.82, 2.24) is 0 Å². The third kappa shape index (κ3) is 4.35. The Labute approximate surface area is 166 Å². The van der Waals surface area contributed by atoms with Crippen LogP contribution in [0.1, 0.15) is 65.0 Å². The molecule has 0 aliphatic heterocycles. The second-order valence-electron chi connectivity index (χ2n) is 8.81. The summed E-state index contributed by atoms with van der Waals surface area (Å²) in [6.45, 7) is 14.6. The lowest BCUT2D eigenvalue weighted by atomic mass is 10.0. The molecule has 1 aliphatic carbocycles. The summed E-state index contributed by atoms with van der Waals surface area (Å²) >= 11 is 0. The fraction of sp³-hybridized carbons (Fsp3) is 0.727. The van der Waals surface area contributed by atoms with E-state index in [4.69, 9.17) is 13.9 Å². The summed E-state index contributed by atoms with van der Waals surface area (Å²) in [5.74, 6) is 2.34. The molecule has 1 aliphatic rings. The molecule has 2 atom stereocenters. The highest BCUT2D eigenvalue weighted by Crippen LogP contribution is 2.53. The second-order valence-corrected chi connectivity index (χ2v) is 14.3. The van der Waals surface area contributed by atoms with E-state index >= 15 is 0 Å². The third-order valence-corrected chi connectivity index (χ3v) is 12.4. The van der Waals surface area contributed by atoms with Crippen LogP contribution >= 0.6 is 0 Å². The van der Waals surface area contributed by atoms with Crippen molar-refractivity contribution in [2.24, 2.45) is 5.92 Å².